The Labute approximate surface area is 178 Å². The van der Waals surface area contributed by atoms with E-state index in [0.29, 0.717) is 12.5 Å². The molecule has 0 aromatic heterocycles. The van der Waals surface area contributed by atoms with E-state index in [1.807, 2.05) is 49.2 Å². The molecular weight excluding hydrogens is 381 g/mol. The van der Waals surface area contributed by atoms with Crippen molar-refractivity contribution in [3.05, 3.63) is 66.0 Å². The Kier molecular flexibility index (Phi) is 7.96. The number of likely N-dealkylation sites (N-methyl/N-ethyl adjacent to an activating group) is 1. The number of para-hydroxylation sites is 1. The second-order valence-electron chi connectivity index (χ2n) is 8.26. The molecule has 1 heterocycles. The number of piperidine rings is 1. The van der Waals surface area contributed by atoms with Gasteiger partial charge < -0.3 is 15.3 Å². The van der Waals surface area contributed by atoms with Crippen LogP contribution in [0.2, 0.25) is 0 Å². The Morgan fingerprint density at radius 2 is 1.80 bits per heavy atom. The predicted molar refractivity (Wildman–Crippen MR) is 118 cm³/mol. The maximum atomic E-state index is 13.8. The van der Waals surface area contributed by atoms with Crippen molar-refractivity contribution in [3.8, 4) is 0 Å². The van der Waals surface area contributed by atoms with Gasteiger partial charge in [-0.2, -0.15) is 0 Å². The summed E-state index contributed by atoms with van der Waals surface area (Å²) in [5.41, 5.74) is 1.17. The van der Waals surface area contributed by atoms with Gasteiger partial charge in [-0.3, -0.25) is 9.69 Å². The van der Waals surface area contributed by atoms with E-state index in [1.54, 1.807) is 18.2 Å². The first kappa shape index (κ1) is 22.4. The Hall–Kier alpha value is -2.28. The zero-order chi connectivity index (χ0) is 21.5. The lowest BCUT2D eigenvalue weighted by Crippen LogP contribution is -2.44. The number of aliphatic hydroxyl groups excluding tert-OH is 1. The Balaban J connectivity index is 1.42. The lowest BCUT2D eigenvalue weighted by Gasteiger charge is -2.36. The summed E-state index contributed by atoms with van der Waals surface area (Å²) in [6, 6.07) is 15.6. The van der Waals surface area contributed by atoms with Crippen LogP contribution in [0.1, 0.15) is 31.4 Å². The molecule has 0 aliphatic carbocycles. The molecule has 162 valence electrons. The molecule has 2 N–H and O–H groups in total. The quantitative estimate of drug-likeness (QED) is 0.695. The van der Waals surface area contributed by atoms with Crippen LogP contribution < -0.4 is 5.32 Å². The number of nitrogens with one attached hydrogen (secondary N) is 1. The fourth-order valence-corrected chi connectivity index (χ4v) is 3.94. The summed E-state index contributed by atoms with van der Waals surface area (Å²) in [5.74, 6) is -0.124. The third-order valence-corrected chi connectivity index (χ3v) is 6.04. The van der Waals surface area contributed by atoms with E-state index in [4.69, 9.17) is 0 Å². The molecule has 1 aliphatic rings. The second-order valence-corrected chi connectivity index (χ2v) is 8.26. The van der Waals surface area contributed by atoms with E-state index in [-0.39, 0.29) is 17.6 Å². The summed E-state index contributed by atoms with van der Waals surface area (Å²) in [6.45, 7) is 5.20. The number of benzene rings is 2. The fourth-order valence-electron chi connectivity index (χ4n) is 3.94. The van der Waals surface area contributed by atoms with Gasteiger partial charge in [0.05, 0.1) is 17.8 Å². The average Bonchev–Trinajstić information content (AvgIpc) is 2.76. The van der Waals surface area contributed by atoms with Gasteiger partial charge >= 0.3 is 0 Å². The number of rotatable bonds is 8. The van der Waals surface area contributed by atoms with Gasteiger partial charge in [0.25, 0.3) is 0 Å². The molecule has 0 spiro atoms. The van der Waals surface area contributed by atoms with Crippen molar-refractivity contribution in [2.24, 2.45) is 5.92 Å². The molecule has 5 nitrogen and oxygen atoms in total. The molecule has 1 fully saturated rings. The number of hydrogen-bond acceptors (Lipinski definition) is 4. The van der Waals surface area contributed by atoms with Gasteiger partial charge in [-0.15, -0.1) is 0 Å². The van der Waals surface area contributed by atoms with Crippen LogP contribution in [-0.4, -0.2) is 60.1 Å². The summed E-state index contributed by atoms with van der Waals surface area (Å²) in [4.78, 5) is 16.8. The number of aliphatic hydroxyl groups is 1. The zero-order valence-corrected chi connectivity index (χ0v) is 17.8. The Morgan fingerprint density at radius 3 is 2.47 bits per heavy atom. The normalized spacial score (nSPS) is 17.6. The van der Waals surface area contributed by atoms with Crippen LogP contribution in [0, 0.1) is 11.7 Å². The average molecular weight is 414 g/mol. The van der Waals surface area contributed by atoms with Crippen LogP contribution in [-0.2, 0) is 4.79 Å². The van der Waals surface area contributed by atoms with Crippen molar-refractivity contribution in [3.63, 3.8) is 0 Å². The van der Waals surface area contributed by atoms with Crippen LogP contribution in [0.25, 0.3) is 0 Å². The van der Waals surface area contributed by atoms with Crippen molar-refractivity contribution in [1.29, 1.82) is 0 Å². The largest absolute Gasteiger partial charge is 0.387 e. The van der Waals surface area contributed by atoms with Crippen LogP contribution in [0.4, 0.5) is 10.1 Å². The summed E-state index contributed by atoms with van der Waals surface area (Å²) >= 11 is 0. The number of carbonyl (C=O) groups excluding carboxylic acids is 1. The first-order valence-corrected chi connectivity index (χ1v) is 10.6. The number of β-amino-alcohol motifs (C(OH)–C–C–N with tert-alkyl or cyclic N) is 1. The summed E-state index contributed by atoms with van der Waals surface area (Å²) in [6.07, 6.45) is 1.61. The molecule has 1 aliphatic heterocycles. The van der Waals surface area contributed by atoms with Gasteiger partial charge in [-0.05, 0) is 63.5 Å². The van der Waals surface area contributed by atoms with Gasteiger partial charge in [0.15, 0.2) is 0 Å². The monoisotopic (exact) mass is 413 g/mol. The molecule has 2 aromatic carbocycles. The minimum Gasteiger partial charge on any atom is -0.387 e. The lowest BCUT2D eigenvalue weighted by molar-refractivity contribution is -0.120. The predicted octanol–water partition coefficient (Wildman–Crippen LogP) is 3.53. The number of hydrogen-bond donors (Lipinski definition) is 2. The zero-order valence-electron chi connectivity index (χ0n) is 17.8. The Bertz CT molecular complexity index is 809. The van der Waals surface area contributed by atoms with E-state index >= 15 is 0 Å². The molecule has 3 rings (SSSR count). The fraction of sp³-hybridized carbons (Fsp3) is 0.458. The number of amides is 1. The van der Waals surface area contributed by atoms with Crippen LogP contribution in [0.5, 0.6) is 0 Å². The van der Waals surface area contributed by atoms with Crippen molar-refractivity contribution in [2.75, 3.05) is 38.5 Å². The Morgan fingerprint density at radius 1 is 1.17 bits per heavy atom. The van der Waals surface area contributed by atoms with Crippen LogP contribution >= 0.6 is 0 Å². The summed E-state index contributed by atoms with van der Waals surface area (Å²) in [7, 11) is 1.94. The standard InChI is InChI=1S/C24H32FN3O2/c1-18(24(30)26-22-11-7-6-10-21(22)25)27(2)16-19-12-14-28(15-13-19)17-23(29)20-8-4-3-5-9-20/h3-11,18-19,23,29H,12-17H2,1-2H3,(H,26,30). The molecular formula is C24H32FN3O2. The van der Waals surface area contributed by atoms with E-state index < -0.39 is 11.9 Å². The van der Waals surface area contributed by atoms with Crippen molar-refractivity contribution in [1.82, 2.24) is 9.80 Å². The molecule has 0 radical (unpaired) electrons. The van der Waals surface area contributed by atoms with Gasteiger partial charge in [0, 0.05) is 13.1 Å². The van der Waals surface area contributed by atoms with E-state index in [0.717, 1.165) is 38.0 Å². The van der Waals surface area contributed by atoms with Crippen molar-refractivity contribution < 1.29 is 14.3 Å². The van der Waals surface area contributed by atoms with Crippen LogP contribution in [0.3, 0.4) is 0 Å². The van der Waals surface area contributed by atoms with Gasteiger partial charge in [0.2, 0.25) is 5.91 Å². The van der Waals surface area contributed by atoms with Crippen molar-refractivity contribution >= 4 is 11.6 Å². The summed E-state index contributed by atoms with van der Waals surface area (Å²) in [5, 5.41) is 13.1. The number of likely N-dealkylation sites (tertiary alicyclic amines) is 1. The number of halogens is 1. The minimum absolute atomic E-state index is 0.203. The van der Waals surface area contributed by atoms with Crippen LogP contribution in [0.15, 0.2) is 54.6 Å². The second kappa shape index (κ2) is 10.7. The maximum Gasteiger partial charge on any atom is 0.241 e. The molecule has 30 heavy (non-hydrogen) atoms. The lowest BCUT2D eigenvalue weighted by atomic mass is 9.95. The molecule has 2 unspecified atom stereocenters. The number of carbonyl (C=O) groups is 1. The third kappa shape index (κ3) is 6.11. The minimum atomic E-state index is -0.465. The van der Waals surface area contributed by atoms with E-state index in [1.165, 1.54) is 6.07 Å². The number of nitrogens with zero attached hydrogens (tertiary/aromatic N) is 2. The van der Waals surface area contributed by atoms with Gasteiger partial charge in [-0.25, -0.2) is 4.39 Å². The first-order valence-electron chi connectivity index (χ1n) is 10.6. The molecule has 0 bridgehead atoms. The topological polar surface area (TPSA) is 55.8 Å². The molecule has 1 amide bonds. The molecule has 2 aromatic rings. The third-order valence-electron chi connectivity index (χ3n) is 6.04. The number of anilines is 1. The van der Waals surface area contributed by atoms with E-state index in [2.05, 4.69) is 10.2 Å². The molecule has 6 heteroatoms. The highest BCUT2D eigenvalue weighted by molar-refractivity contribution is 5.94. The first-order chi connectivity index (χ1) is 14.4. The van der Waals surface area contributed by atoms with E-state index in [9.17, 15) is 14.3 Å². The molecule has 1 saturated heterocycles. The maximum absolute atomic E-state index is 13.8. The highest BCUT2D eigenvalue weighted by Gasteiger charge is 2.26. The highest BCUT2D eigenvalue weighted by atomic mass is 19.1. The highest BCUT2D eigenvalue weighted by Crippen LogP contribution is 2.22. The SMILES string of the molecule is CC(C(=O)Nc1ccccc1F)N(C)CC1CCN(CC(O)c2ccccc2)CC1. The smallest absolute Gasteiger partial charge is 0.241 e. The van der Waals surface area contributed by atoms with Gasteiger partial charge in [-0.1, -0.05) is 42.5 Å². The molecule has 2 atom stereocenters. The molecule has 0 saturated carbocycles. The van der Waals surface area contributed by atoms with Crippen molar-refractivity contribution in [2.45, 2.75) is 31.9 Å². The van der Waals surface area contributed by atoms with Gasteiger partial charge in [0.1, 0.15) is 5.82 Å². The summed E-state index contributed by atoms with van der Waals surface area (Å²) < 4.78 is 13.8.